The van der Waals surface area contributed by atoms with Crippen molar-refractivity contribution in [3.63, 3.8) is 0 Å². The lowest BCUT2D eigenvalue weighted by molar-refractivity contribution is -0.117. The Kier molecular flexibility index (Phi) is 4.84. The summed E-state index contributed by atoms with van der Waals surface area (Å²) in [4.78, 5) is 12.0. The quantitative estimate of drug-likeness (QED) is 0.794. The summed E-state index contributed by atoms with van der Waals surface area (Å²) in [6.07, 6.45) is 0.243. The highest BCUT2D eigenvalue weighted by atomic mass is 19.1. The van der Waals surface area contributed by atoms with Gasteiger partial charge in [-0.25, -0.2) is 8.78 Å². The lowest BCUT2D eigenvalue weighted by Crippen LogP contribution is -2.08. The highest BCUT2D eigenvalue weighted by molar-refractivity contribution is 5.83. The molecule has 0 N–H and O–H groups in total. The monoisotopic (exact) mass is 288 g/mol. The molecule has 21 heavy (non-hydrogen) atoms. The van der Waals surface area contributed by atoms with E-state index in [2.05, 4.69) is 13.8 Å². The first-order chi connectivity index (χ1) is 9.95. The second-order valence-electron chi connectivity index (χ2n) is 5.52. The number of benzene rings is 2. The molecule has 0 aliphatic rings. The van der Waals surface area contributed by atoms with Crippen LogP contribution >= 0.6 is 0 Å². The minimum Gasteiger partial charge on any atom is -0.299 e. The number of rotatable bonds is 5. The van der Waals surface area contributed by atoms with Crippen molar-refractivity contribution >= 4 is 5.78 Å². The molecule has 1 nitrogen and oxygen atoms in total. The van der Waals surface area contributed by atoms with Crippen LogP contribution in [0.25, 0.3) is 0 Å². The number of ketones is 1. The van der Waals surface area contributed by atoms with Crippen molar-refractivity contribution in [2.45, 2.75) is 32.6 Å². The molecule has 0 fully saturated rings. The predicted molar refractivity (Wildman–Crippen MR) is 79.3 cm³/mol. The molecule has 110 valence electrons. The smallest absolute Gasteiger partial charge is 0.141 e. The molecule has 0 aromatic heterocycles. The third kappa shape index (κ3) is 4.22. The zero-order valence-corrected chi connectivity index (χ0v) is 12.2. The number of carbonyl (C=O) groups excluding carboxylic acids is 1. The Bertz CT molecular complexity index is 630. The van der Waals surface area contributed by atoms with E-state index in [1.165, 1.54) is 17.7 Å². The molecular formula is C18H18F2O. The fourth-order valence-corrected chi connectivity index (χ4v) is 2.19. The Morgan fingerprint density at radius 1 is 1.00 bits per heavy atom. The molecule has 0 bridgehead atoms. The SMILES string of the molecule is CC(C)c1ccc(CC(=O)Cc2ccc(F)cc2F)cc1. The summed E-state index contributed by atoms with van der Waals surface area (Å²) in [5.74, 6) is -0.938. The van der Waals surface area contributed by atoms with Crippen molar-refractivity contribution in [2.75, 3.05) is 0 Å². The maximum absolute atomic E-state index is 13.5. The molecule has 0 heterocycles. The summed E-state index contributed by atoms with van der Waals surface area (Å²) in [6.45, 7) is 4.22. The van der Waals surface area contributed by atoms with Gasteiger partial charge in [0.05, 0.1) is 0 Å². The van der Waals surface area contributed by atoms with Gasteiger partial charge < -0.3 is 0 Å². The number of carbonyl (C=O) groups is 1. The van der Waals surface area contributed by atoms with Gasteiger partial charge in [0.1, 0.15) is 17.4 Å². The van der Waals surface area contributed by atoms with E-state index in [0.717, 1.165) is 11.6 Å². The first-order valence-corrected chi connectivity index (χ1v) is 7.00. The van der Waals surface area contributed by atoms with E-state index in [1.54, 1.807) is 0 Å². The summed E-state index contributed by atoms with van der Waals surface area (Å²) in [5, 5.41) is 0. The van der Waals surface area contributed by atoms with Gasteiger partial charge >= 0.3 is 0 Å². The van der Waals surface area contributed by atoms with Crippen LogP contribution in [0, 0.1) is 11.6 Å². The van der Waals surface area contributed by atoms with Gasteiger partial charge in [-0.3, -0.25) is 4.79 Å². The van der Waals surface area contributed by atoms with Gasteiger partial charge in [-0.05, 0) is 28.7 Å². The van der Waals surface area contributed by atoms with E-state index in [0.29, 0.717) is 5.92 Å². The fraction of sp³-hybridized carbons (Fsp3) is 0.278. The van der Waals surface area contributed by atoms with E-state index < -0.39 is 11.6 Å². The topological polar surface area (TPSA) is 17.1 Å². The number of hydrogen-bond acceptors (Lipinski definition) is 1. The third-order valence-corrected chi connectivity index (χ3v) is 3.45. The lowest BCUT2D eigenvalue weighted by atomic mass is 9.98. The van der Waals surface area contributed by atoms with E-state index >= 15 is 0 Å². The van der Waals surface area contributed by atoms with Crippen LogP contribution in [0.3, 0.4) is 0 Å². The summed E-state index contributed by atoms with van der Waals surface area (Å²) in [5.41, 5.74) is 2.36. The summed E-state index contributed by atoms with van der Waals surface area (Å²) < 4.78 is 26.3. The zero-order chi connectivity index (χ0) is 15.4. The predicted octanol–water partition coefficient (Wildman–Crippen LogP) is 4.44. The van der Waals surface area contributed by atoms with Gasteiger partial charge in [-0.2, -0.15) is 0 Å². The number of hydrogen-bond donors (Lipinski definition) is 0. The molecule has 2 aromatic rings. The standard InChI is InChI=1S/C18H18F2O/c1-12(2)14-5-3-13(4-6-14)9-17(21)10-15-7-8-16(19)11-18(15)20/h3-8,11-12H,9-10H2,1-2H3. The number of Topliss-reactive ketones (excluding diaryl/α,β-unsaturated/α-hetero) is 1. The molecule has 0 atom stereocenters. The molecule has 0 radical (unpaired) electrons. The fourth-order valence-electron chi connectivity index (χ4n) is 2.19. The molecule has 0 spiro atoms. The Hall–Kier alpha value is -2.03. The second kappa shape index (κ2) is 6.61. The first kappa shape index (κ1) is 15.4. The Labute approximate surface area is 123 Å². The Morgan fingerprint density at radius 2 is 1.67 bits per heavy atom. The molecule has 0 unspecified atom stereocenters. The van der Waals surface area contributed by atoms with Gasteiger partial charge in [-0.15, -0.1) is 0 Å². The van der Waals surface area contributed by atoms with Crippen molar-refractivity contribution in [3.8, 4) is 0 Å². The molecule has 3 heteroatoms. The summed E-state index contributed by atoms with van der Waals surface area (Å²) in [7, 11) is 0. The molecule has 0 aliphatic heterocycles. The van der Waals surface area contributed by atoms with Crippen molar-refractivity contribution in [1.82, 2.24) is 0 Å². The van der Waals surface area contributed by atoms with Crippen LogP contribution in [-0.2, 0) is 17.6 Å². The average molecular weight is 288 g/mol. The van der Waals surface area contributed by atoms with Crippen LogP contribution in [0.1, 0.15) is 36.5 Å². The van der Waals surface area contributed by atoms with Gasteiger partial charge in [0.2, 0.25) is 0 Å². The van der Waals surface area contributed by atoms with Gasteiger partial charge in [0.25, 0.3) is 0 Å². The normalized spacial score (nSPS) is 10.9. The van der Waals surface area contributed by atoms with Crippen molar-refractivity contribution in [1.29, 1.82) is 0 Å². The van der Waals surface area contributed by atoms with Crippen LogP contribution in [0.2, 0.25) is 0 Å². The summed E-state index contributed by atoms with van der Waals surface area (Å²) in [6, 6.07) is 11.2. The van der Waals surface area contributed by atoms with Crippen molar-refractivity contribution in [2.24, 2.45) is 0 Å². The number of halogens is 2. The van der Waals surface area contributed by atoms with Crippen LogP contribution in [-0.4, -0.2) is 5.78 Å². The van der Waals surface area contributed by atoms with Gasteiger partial charge in [0, 0.05) is 18.9 Å². The maximum Gasteiger partial charge on any atom is 0.141 e. The molecule has 0 amide bonds. The van der Waals surface area contributed by atoms with Gasteiger partial charge in [-0.1, -0.05) is 44.2 Å². The summed E-state index contributed by atoms with van der Waals surface area (Å²) >= 11 is 0. The highest BCUT2D eigenvalue weighted by Gasteiger charge is 2.10. The molecule has 2 rings (SSSR count). The van der Waals surface area contributed by atoms with Crippen molar-refractivity contribution in [3.05, 3.63) is 70.8 Å². The molecular weight excluding hydrogens is 270 g/mol. The maximum atomic E-state index is 13.5. The van der Waals surface area contributed by atoms with E-state index in [4.69, 9.17) is 0 Å². The van der Waals surface area contributed by atoms with E-state index in [9.17, 15) is 13.6 Å². The molecule has 2 aromatic carbocycles. The van der Waals surface area contributed by atoms with Gasteiger partial charge in [0.15, 0.2) is 0 Å². The molecule has 0 saturated carbocycles. The Balaban J connectivity index is 2.01. The van der Waals surface area contributed by atoms with Crippen LogP contribution in [0.15, 0.2) is 42.5 Å². The van der Waals surface area contributed by atoms with Crippen molar-refractivity contribution < 1.29 is 13.6 Å². The van der Waals surface area contributed by atoms with E-state index in [-0.39, 0.29) is 24.2 Å². The minimum absolute atomic E-state index is 0.0158. The highest BCUT2D eigenvalue weighted by Crippen LogP contribution is 2.16. The third-order valence-electron chi connectivity index (χ3n) is 3.45. The zero-order valence-electron chi connectivity index (χ0n) is 12.2. The minimum atomic E-state index is -0.668. The molecule has 0 aliphatic carbocycles. The van der Waals surface area contributed by atoms with Crippen LogP contribution < -0.4 is 0 Å². The lowest BCUT2D eigenvalue weighted by Gasteiger charge is -2.07. The largest absolute Gasteiger partial charge is 0.299 e. The average Bonchev–Trinajstić information content (AvgIpc) is 2.42. The van der Waals surface area contributed by atoms with Crippen LogP contribution in [0.4, 0.5) is 8.78 Å². The first-order valence-electron chi connectivity index (χ1n) is 7.00. The second-order valence-corrected chi connectivity index (χ2v) is 5.52. The molecule has 0 saturated heterocycles. The van der Waals surface area contributed by atoms with Crippen LogP contribution in [0.5, 0.6) is 0 Å². The van der Waals surface area contributed by atoms with E-state index in [1.807, 2.05) is 24.3 Å². The Morgan fingerprint density at radius 3 is 2.24 bits per heavy atom.